The highest BCUT2D eigenvalue weighted by Gasteiger charge is 2.47. The maximum Gasteiger partial charge on any atom is 0.217 e. The van der Waals surface area contributed by atoms with Crippen LogP contribution in [0.15, 0.2) is 24.3 Å². The Hall–Kier alpha value is -1.11. The van der Waals surface area contributed by atoms with Gasteiger partial charge in [-0.3, -0.25) is 0 Å². The number of hydrogen-bond donors (Lipinski definition) is 1. The van der Waals surface area contributed by atoms with Crippen molar-refractivity contribution in [2.75, 3.05) is 13.7 Å². The number of nitrogens with zero attached hydrogens (tertiary/aromatic N) is 1. The number of rotatable bonds is 4. The van der Waals surface area contributed by atoms with E-state index in [-0.39, 0.29) is 17.8 Å². The molecule has 5 nitrogen and oxygen atoms in total. The zero-order chi connectivity index (χ0) is 14.3. The second-order valence-electron chi connectivity index (χ2n) is 5.50. The number of β-amino-alcohol motifs (C(OH)–C–C–N with tert-alkyl or cyclic N) is 1. The van der Waals surface area contributed by atoms with Gasteiger partial charge >= 0.3 is 0 Å². The highest BCUT2D eigenvalue weighted by atomic mass is 32.2. The minimum absolute atomic E-state index is 0.195. The van der Waals surface area contributed by atoms with Gasteiger partial charge in [0, 0.05) is 6.54 Å². The lowest BCUT2D eigenvalue weighted by Gasteiger charge is -2.24. The van der Waals surface area contributed by atoms with E-state index in [0.29, 0.717) is 12.2 Å². The first-order valence-corrected chi connectivity index (χ1v) is 8.35. The Bertz CT molecular complexity index is 597. The zero-order valence-electron chi connectivity index (χ0n) is 11.4. The third kappa shape index (κ3) is 2.43. The first-order valence-electron chi connectivity index (χ1n) is 6.85. The Morgan fingerprint density at radius 3 is 2.75 bits per heavy atom. The molecule has 110 valence electrons. The smallest absolute Gasteiger partial charge is 0.217 e. The Morgan fingerprint density at radius 2 is 2.10 bits per heavy atom. The first kappa shape index (κ1) is 13.9. The molecule has 1 aromatic rings. The van der Waals surface area contributed by atoms with Gasteiger partial charge in [-0.05, 0) is 37.0 Å². The lowest BCUT2D eigenvalue weighted by Crippen LogP contribution is -2.34. The van der Waals surface area contributed by atoms with Crippen LogP contribution >= 0.6 is 0 Å². The number of aliphatic hydroxyl groups excluding tert-OH is 1. The summed E-state index contributed by atoms with van der Waals surface area (Å²) >= 11 is 0. The van der Waals surface area contributed by atoms with Gasteiger partial charge in [0.2, 0.25) is 10.0 Å². The number of methoxy groups -OCH3 is 1. The molecule has 0 spiro atoms. The van der Waals surface area contributed by atoms with E-state index in [4.69, 9.17) is 4.74 Å². The minimum Gasteiger partial charge on any atom is -0.497 e. The molecule has 1 aromatic carbocycles. The highest BCUT2D eigenvalue weighted by Crippen LogP contribution is 2.41. The average Bonchev–Trinajstić information content (AvgIpc) is 3.22. The Labute approximate surface area is 119 Å². The molecule has 2 aliphatic rings. The molecular weight excluding hydrogens is 278 g/mol. The molecule has 2 fully saturated rings. The van der Waals surface area contributed by atoms with E-state index < -0.39 is 16.1 Å². The van der Waals surface area contributed by atoms with Gasteiger partial charge in [0.15, 0.2) is 0 Å². The summed E-state index contributed by atoms with van der Waals surface area (Å²) in [4.78, 5) is 0. The number of ether oxygens (including phenoxy) is 1. The van der Waals surface area contributed by atoms with Crippen LogP contribution in [-0.4, -0.2) is 42.8 Å². The van der Waals surface area contributed by atoms with Crippen molar-refractivity contribution >= 4 is 10.0 Å². The summed E-state index contributed by atoms with van der Waals surface area (Å²) in [6.45, 7) is 0.195. The summed E-state index contributed by atoms with van der Waals surface area (Å²) < 4.78 is 31.6. The largest absolute Gasteiger partial charge is 0.497 e. The van der Waals surface area contributed by atoms with Crippen molar-refractivity contribution in [2.45, 2.75) is 36.7 Å². The normalized spacial score (nSPS) is 27.7. The second-order valence-corrected chi connectivity index (χ2v) is 7.66. The summed E-state index contributed by atoms with van der Waals surface area (Å²) in [5.41, 5.74) is 0.880. The average molecular weight is 297 g/mol. The van der Waals surface area contributed by atoms with Crippen LogP contribution in [0.2, 0.25) is 0 Å². The second kappa shape index (κ2) is 5.02. The van der Waals surface area contributed by atoms with Crippen LogP contribution in [0.1, 0.15) is 30.9 Å². The van der Waals surface area contributed by atoms with Gasteiger partial charge < -0.3 is 9.84 Å². The summed E-state index contributed by atoms with van der Waals surface area (Å²) in [5, 5.41) is 9.64. The molecule has 0 aromatic heterocycles. The van der Waals surface area contributed by atoms with Crippen LogP contribution < -0.4 is 4.74 Å². The maximum absolute atomic E-state index is 12.5. The standard InChI is InChI=1S/C14H19NO4S/c1-19-12-4-2-3-10(7-12)14-8-11(16)9-15(14)20(17,18)13-5-6-13/h2-4,7,11,13-14,16H,5-6,8-9H2,1H3. The third-order valence-electron chi connectivity index (χ3n) is 3.98. The molecule has 2 unspecified atom stereocenters. The quantitative estimate of drug-likeness (QED) is 0.909. The SMILES string of the molecule is COc1cccc(C2CC(O)CN2S(=O)(=O)C2CC2)c1. The molecule has 2 atom stereocenters. The van der Waals surface area contributed by atoms with Crippen LogP contribution in [0.25, 0.3) is 0 Å². The van der Waals surface area contributed by atoms with Crippen molar-refractivity contribution in [1.82, 2.24) is 4.31 Å². The van der Waals surface area contributed by atoms with Gasteiger partial charge in [-0.2, -0.15) is 4.31 Å². The Morgan fingerprint density at radius 1 is 1.35 bits per heavy atom. The number of hydrogen-bond acceptors (Lipinski definition) is 4. The molecule has 6 heteroatoms. The van der Waals surface area contributed by atoms with Crippen molar-refractivity contribution in [1.29, 1.82) is 0 Å². The molecule has 1 saturated heterocycles. The van der Waals surface area contributed by atoms with E-state index in [1.165, 1.54) is 4.31 Å². The van der Waals surface area contributed by atoms with Crippen LogP contribution in [0.4, 0.5) is 0 Å². The van der Waals surface area contributed by atoms with Crippen molar-refractivity contribution in [3.63, 3.8) is 0 Å². The monoisotopic (exact) mass is 297 g/mol. The van der Waals surface area contributed by atoms with E-state index in [1.54, 1.807) is 7.11 Å². The number of aliphatic hydroxyl groups is 1. The van der Waals surface area contributed by atoms with E-state index >= 15 is 0 Å². The molecule has 0 amide bonds. The topological polar surface area (TPSA) is 66.8 Å². The first-order chi connectivity index (χ1) is 9.52. The minimum atomic E-state index is -3.28. The fourth-order valence-electron chi connectivity index (χ4n) is 2.77. The Kier molecular flexibility index (Phi) is 3.48. The van der Waals surface area contributed by atoms with E-state index in [1.807, 2.05) is 24.3 Å². The van der Waals surface area contributed by atoms with Crippen molar-refractivity contribution in [3.8, 4) is 5.75 Å². The molecule has 3 rings (SSSR count). The fraction of sp³-hybridized carbons (Fsp3) is 0.571. The maximum atomic E-state index is 12.5. The van der Waals surface area contributed by atoms with Gasteiger partial charge in [0.05, 0.1) is 24.5 Å². The van der Waals surface area contributed by atoms with Crippen LogP contribution in [0.3, 0.4) is 0 Å². The van der Waals surface area contributed by atoms with Gasteiger partial charge in [-0.15, -0.1) is 0 Å². The molecular formula is C14H19NO4S. The van der Waals surface area contributed by atoms with Crippen LogP contribution in [-0.2, 0) is 10.0 Å². The van der Waals surface area contributed by atoms with Crippen LogP contribution in [0, 0.1) is 0 Å². The zero-order valence-corrected chi connectivity index (χ0v) is 12.2. The molecule has 1 saturated carbocycles. The number of benzene rings is 1. The fourth-order valence-corrected chi connectivity index (χ4v) is 4.83. The predicted molar refractivity (Wildman–Crippen MR) is 75.0 cm³/mol. The summed E-state index contributed by atoms with van der Waals surface area (Å²) in [6.07, 6.45) is 1.32. The Balaban J connectivity index is 1.93. The predicted octanol–water partition coefficient (Wildman–Crippen LogP) is 1.30. The lowest BCUT2D eigenvalue weighted by molar-refractivity contribution is 0.188. The van der Waals surface area contributed by atoms with Gasteiger partial charge in [0.1, 0.15) is 5.75 Å². The third-order valence-corrected chi connectivity index (χ3v) is 6.36. The van der Waals surface area contributed by atoms with Crippen molar-refractivity contribution in [2.24, 2.45) is 0 Å². The van der Waals surface area contributed by atoms with E-state index in [2.05, 4.69) is 0 Å². The van der Waals surface area contributed by atoms with Gasteiger partial charge in [-0.25, -0.2) is 8.42 Å². The molecule has 20 heavy (non-hydrogen) atoms. The highest BCUT2D eigenvalue weighted by molar-refractivity contribution is 7.90. The van der Waals surface area contributed by atoms with E-state index in [0.717, 1.165) is 18.4 Å². The van der Waals surface area contributed by atoms with Crippen molar-refractivity contribution < 1.29 is 18.3 Å². The summed E-state index contributed by atoms with van der Waals surface area (Å²) in [5.74, 6) is 0.702. The molecule has 1 aliphatic carbocycles. The van der Waals surface area contributed by atoms with Crippen LogP contribution in [0.5, 0.6) is 5.75 Å². The van der Waals surface area contributed by atoms with Gasteiger partial charge in [-0.1, -0.05) is 12.1 Å². The molecule has 0 radical (unpaired) electrons. The molecule has 1 heterocycles. The lowest BCUT2D eigenvalue weighted by atomic mass is 10.0. The molecule has 1 aliphatic heterocycles. The molecule has 1 N–H and O–H groups in total. The number of sulfonamides is 1. The van der Waals surface area contributed by atoms with Crippen molar-refractivity contribution in [3.05, 3.63) is 29.8 Å². The van der Waals surface area contributed by atoms with Gasteiger partial charge in [0.25, 0.3) is 0 Å². The van der Waals surface area contributed by atoms with E-state index in [9.17, 15) is 13.5 Å². The molecule has 0 bridgehead atoms. The summed E-state index contributed by atoms with van der Waals surface area (Å²) in [7, 11) is -1.70. The summed E-state index contributed by atoms with van der Waals surface area (Å²) in [6, 6.07) is 7.12.